The molecule has 1 aromatic heterocycles. The Morgan fingerprint density at radius 2 is 2.53 bits per heavy atom. The standard InChI is InChI=1S/C8H14N4O2S/c1-8(9-2,6(13)14-3)4-15-7-10-5-11-12-7/h5,9H,4H2,1-3H3,(H,10,11,12). The summed E-state index contributed by atoms with van der Waals surface area (Å²) in [5.74, 6) is 0.225. The molecule has 0 bridgehead atoms. The number of ether oxygens (including phenoxy) is 1. The van der Waals surface area contributed by atoms with Gasteiger partial charge in [0.1, 0.15) is 11.9 Å². The smallest absolute Gasteiger partial charge is 0.326 e. The van der Waals surface area contributed by atoms with Gasteiger partial charge in [0, 0.05) is 5.75 Å². The van der Waals surface area contributed by atoms with Crippen molar-refractivity contribution in [1.29, 1.82) is 0 Å². The van der Waals surface area contributed by atoms with Crippen molar-refractivity contribution >= 4 is 17.7 Å². The van der Waals surface area contributed by atoms with Crippen molar-refractivity contribution in [2.45, 2.75) is 17.6 Å². The zero-order valence-corrected chi connectivity index (χ0v) is 9.72. The van der Waals surface area contributed by atoms with Gasteiger partial charge in [-0.05, 0) is 14.0 Å². The molecule has 0 radical (unpaired) electrons. The number of carbonyl (C=O) groups excluding carboxylic acids is 1. The van der Waals surface area contributed by atoms with Crippen LogP contribution in [0.15, 0.2) is 11.5 Å². The topological polar surface area (TPSA) is 79.9 Å². The molecule has 1 unspecified atom stereocenters. The van der Waals surface area contributed by atoms with E-state index in [0.29, 0.717) is 10.9 Å². The molecule has 2 N–H and O–H groups in total. The van der Waals surface area contributed by atoms with Crippen molar-refractivity contribution in [1.82, 2.24) is 20.5 Å². The highest BCUT2D eigenvalue weighted by atomic mass is 32.2. The molecule has 0 aromatic carbocycles. The number of likely N-dealkylation sites (N-methyl/N-ethyl adjacent to an activating group) is 1. The number of carbonyl (C=O) groups is 1. The van der Waals surface area contributed by atoms with Crippen molar-refractivity contribution in [3.05, 3.63) is 6.33 Å². The minimum atomic E-state index is -0.716. The van der Waals surface area contributed by atoms with Gasteiger partial charge >= 0.3 is 5.97 Å². The van der Waals surface area contributed by atoms with Gasteiger partial charge in [0.25, 0.3) is 0 Å². The maximum atomic E-state index is 11.5. The highest BCUT2D eigenvalue weighted by Gasteiger charge is 2.32. The first-order valence-corrected chi connectivity index (χ1v) is 5.36. The number of hydrogen-bond acceptors (Lipinski definition) is 6. The van der Waals surface area contributed by atoms with Crippen LogP contribution in [0, 0.1) is 0 Å². The second-order valence-corrected chi connectivity index (χ2v) is 4.12. The Morgan fingerprint density at radius 1 is 1.80 bits per heavy atom. The van der Waals surface area contributed by atoms with E-state index in [0.717, 1.165) is 0 Å². The number of aromatic nitrogens is 3. The Labute approximate surface area is 92.2 Å². The zero-order chi connectivity index (χ0) is 11.3. The molecule has 1 aromatic rings. The molecule has 0 aliphatic heterocycles. The SMILES string of the molecule is CNC(C)(CSc1ncn[nH]1)C(=O)OC. The van der Waals surface area contributed by atoms with Gasteiger partial charge in [-0.1, -0.05) is 11.8 Å². The van der Waals surface area contributed by atoms with Crippen LogP contribution >= 0.6 is 11.8 Å². The lowest BCUT2D eigenvalue weighted by atomic mass is 10.1. The van der Waals surface area contributed by atoms with E-state index in [4.69, 9.17) is 4.74 Å². The van der Waals surface area contributed by atoms with Crippen molar-refractivity contribution < 1.29 is 9.53 Å². The third-order valence-corrected chi connectivity index (χ3v) is 3.27. The molecule has 7 heteroatoms. The largest absolute Gasteiger partial charge is 0.468 e. The molecule has 0 saturated carbocycles. The van der Waals surface area contributed by atoms with Crippen LogP contribution in [0.1, 0.15) is 6.92 Å². The molecule has 1 rings (SSSR count). The number of nitrogens with one attached hydrogen (secondary N) is 2. The monoisotopic (exact) mass is 230 g/mol. The molecule has 0 aliphatic rings. The Morgan fingerprint density at radius 3 is 3.00 bits per heavy atom. The molecule has 0 amide bonds. The van der Waals surface area contributed by atoms with Gasteiger partial charge in [-0.25, -0.2) is 4.98 Å². The van der Waals surface area contributed by atoms with E-state index in [-0.39, 0.29) is 5.97 Å². The minimum Gasteiger partial charge on any atom is -0.468 e. The number of thioether (sulfide) groups is 1. The predicted octanol–water partition coefficient (Wildman–Crippen LogP) is 0.0479. The molecule has 1 heterocycles. The average molecular weight is 230 g/mol. The summed E-state index contributed by atoms with van der Waals surface area (Å²) in [6, 6.07) is 0. The zero-order valence-electron chi connectivity index (χ0n) is 8.90. The maximum absolute atomic E-state index is 11.5. The summed E-state index contributed by atoms with van der Waals surface area (Å²) in [5, 5.41) is 10.0. The summed E-state index contributed by atoms with van der Waals surface area (Å²) in [7, 11) is 3.09. The number of aromatic amines is 1. The maximum Gasteiger partial charge on any atom is 0.326 e. The molecule has 6 nitrogen and oxygen atoms in total. The first-order valence-electron chi connectivity index (χ1n) is 4.38. The molecule has 0 aliphatic carbocycles. The molecule has 84 valence electrons. The predicted molar refractivity (Wildman–Crippen MR) is 56.6 cm³/mol. The van der Waals surface area contributed by atoms with Gasteiger partial charge in [0.15, 0.2) is 5.16 Å². The molecular formula is C8H14N4O2S. The molecule has 15 heavy (non-hydrogen) atoms. The third kappa shape index (κ3) is 2.93. The van der Waals surface area contributed by atoms with Crippen LogP contribution in [0.2, 0.25) is 0 Å². The van der Waals surface area contributed by atoms with Crippen molar-refractivity contribution in [3.63, 3.8) is 0 Å². The van der Waals surface area contributed by atoms with E-state index >= 15 is 0 Å². The Balaban J connectivity index is 2.57. The number of nitrogens with zero attached hydrogens (tertiary/aromatic N) is 2. The van der Waals surface area contributed by atoms with E-state index in [1.54, 1.807) is 14.0 Å². The van der Waals surface area contributed by atoms with Crippen molar-refractivity contribution in [2.24, 2.45) is 0 Å². The van der Waals surface area contributed by atoms with Gasteiger partial charge in [-0.3, -0.25) is 9.89 Å². The van der Waals surface area contributed by atoms with Crippen molar-refractivity contribution in [2.75, 3.05) is 19.9 Å². The fourth-order valence-electron chi connectivity index (χ4n) is 0.935. The van der Waals surface area contributed by atoms with Gasteiger partial charge in [-0.2, -0.15) is 5.10 Å². The van der Waals surface area contributed by atoms with Crippen LogP contribution in [0.5, 0.6) is 0 Å². The third-order valence-electron chi connectivity index (χ3n) is 2.08. The minimum absolute atomic E-state index is 0.294. The summed E-state index contributed by atoms with van der Waals surface area (Å²) in [6.45, 7) is 1.78. The van der Waals surface area contributed by atoms with Crippen LogP contribution in [-0.4, -0.2) is 46.6 Å². The normalized spacial score (nSPS) is 14.6. The van der Waals surface area contributed by atoms with E-state index in [1.807, 2.05) is 0 Å². The van der Waals surface area contributed by atoms with Crippen LogP contribution < -0.4 is 5.32 Å². The highest BCUT2D eigenvalue weighted by molar-refractivity contribution is 7.99. The lowest BCUT2D eigenvalue weighted by Gasteiger charge is -2.24. The molecular weight excluding hydrogens is 216 g/mol. The number of esters is 1. The summed E-state index contributed by atoms with van der Waals surface area (Å²) >= 11 is 1.41. The highest BCUT2D eigenvalue weighted by Crippen LogP contribution is 2.19. The van der Waals surface area contributed by atoms with Gasteiger partial charge < -0.3 is 10.1 Å². The summed E-state index contributed by atoms with van der Waals surface area (Å²) < 4.78 is 4.72. The van der Waals surface area contributed by atoms with Crippen LogP contribution in [0.25, 0.3) is 0 Å². The Kier molecular flexibility index (Phi) is 4.10. The van der Waals surface area contributed by atoms with Crippen LogP contribution in [0.3, 0.4) is 0 Å². The fourth-order valence-corrected chi connectivity index (χ4v) is 1.86. The van der Waals surface area contributed by atoms with Crippen molar-refractivity contribution in [3.8, 4) is 0 Å². The second kappa shape index (κ2) is 5.13. The first-order chi connectivity index (χ1) is 7.12. The molecule has 1 atom stereocenters. The van der Waals surface area contributed by atoms with Gasteiger partial charge in [0.05, 0.1) is 7.11 Å². The molecule has 0 spiro atoms. The van der Waals surface area contributed by atoms with Crippen LogP contribution in [0.4, 0.5) is 0 Å². The summed E-state index contributed by atoms with van der Waals surface area (Å²) in [5.41, 5.74) is -0.716. The lowest BCUT2D eigenvalue weighted by molar-refractivity contribution is -0.146. The summed E-state index contributed by atoms with van der Waals surface area (Å²) in [4.78, 5) is 15.4. The molecule has 0 saturated heterocycles. The van der Waals surface area contributed by atoms with Crippen LogP contribution in [-0.2, 0) is 9.53 Å². The lowest BCUT2D eigenvalue weighted by Crippen LogP contribution is -2.50. The quantitative estimate of drug-likeness (QED) is 0.549. The Hall–Kier alpha value is -1.08. The number of H-pyrrole nitrogens is 1. The number of rotatable bonds is 5. The number of hydrogen-bond donors (Lipinski definition) is 2. The van der Waals surface area contributed by atoms with E-state index in [2.05, 4.69) is 20.5 Å². The van der Waals surface area contributed by atoms with E-state index < -0.39 is 5.54 Å². The fraction of sp³-hybridized carbons (Fsp3) is 0.625. The Bertz CT molecular complexity index is 316. The summed E-state index contributed by atoms with van der Waals surface area (Å²) in [6.07, 6.45) is 1.43. The van der Waals surface area contributed by atoms with Gasteiger partial charge in [0.2, 0.25) is 0 Å². The first kappa shape index (κ1) is 12.0. The molecule has 0 fully saturated rings. The average Bonchev–Trinajstić information content (AvgIpc) is 2.77. The second-order valence-electron chi connectivity index (χ2n) is 3.15. The van der Waals surface area contributed by atoms with E-state index in [9.17, 15) is 4.79 Å². The van der Waals surface area contributed by atoms with Gasteiger partial charge in [-0.15, -0.1) is 0 Å². The number of methoxy groups -OCH3 is 1. The van der Waals surface area contributed by atoms with E-state index in [1.165, 1.54) is 25.2 Å².